The number of fused-ring (bicyclic) bond motifs is 1. The first-order valence-electron chi connectivity index (χ1n) is 12.6. The number of carbonyl (C=O) groups excluding carboxylic acids is 1. The van der Waals surface area contributed by atoms with E-state index in [4.69, 9.17) is 4.74 Å². The highest BCUT2D eigenvalue weighted by Crippen LogP contribution is 2.49. The van der Waals surface area contributed by atoms with Gasteiger partial charge in [-0.25, -0.2) is 0 Å². The topological polar surface area (TPSA) is 87.3 Å². The maximum atomic E-state index is 13.3. The van der Waals surface area contributed by atoms with Crippen LogP contribution in [0.5, 0.6) is 5.75 Å². The molecule has 37 heavy (non-hydrogen) atoms. The van der Waals surface area contributed by atoms with E-state index in [1.165, 1.54) is 25.6 Å². The Morgan fingerprint density at radius 1 is 1.08 bits per heavy atom. The monoisotopic (exact) mass is 496 g/mol. The number of aryl methyl sites for hydroxylation is 1. The summed E-state index contributed by atoms with van der Waals surface area (Å²) in [5, 5.41) is 4.31. The van der Waals surface area contributed by atoms with Gasteiger partial charge in [-0.15, -0.1) is 0 Å². The first-order chi connectivity index (χ1) is 17.9. The summed E-state index contributed by atoms with van der Waals surface area (Å²) in [4.78, 5) is 34.4. The highest BCUT2D eigenvalue weighted by atomic mass is 16.5. The highest BCUT2D eigenvalue weighted by molar-refractivity contribution is 5.98. The van der Waals surface area contributed by atoms with Gasteiger partial charge in [-0.1, -0.05) is 12.1 Å². The molecule has 1 saturated heterocycles. The van der Waals surface area contributed by atoms with Gasteiger partial charge in [0.1, 0.15) is 5.75 Å². The lowest BCUT2D eigenvalue weighted by Gasteiger charge is -2.24. The van der Waals surface area contributed by atoms with E-state index in [9.17, 15) is 9.59 Å². The summed E-state index contributed by atoms with van der Waals surface area (Å²) in [5.74, 6) is 0.533. The third-order valence-electron chi connectivity index (χ3n) is 7.23. The third-order valence-corrected chi connectivity index (χ3v) is 7.23. The molecule has 0 bridgehead atoms. The minimum Gasteiger partial charge on any atom is -0.497 e. The van der Waals surface area contributed by atoms with Crippen molar-refractivity contribution in [2.24, 2.45) is 0 Å². The molecule has 2 N–H and O–H groups in total. The molecule has 1 aliphatic heterocycles. The Balaban J connectivity index is 0.000000503. The molecule has 2 aromatic heterocycles. The van der Waals surface area contributed by atoms with Crippen molar-refractivity contribution in [3.05, 3.63) is 94.0 Å². The number of hydrogen-bond donors (Lipinski definition) is 2. The molecule has 7 nitrogen and oxygen atoms in total. The van der Waals surface area contributed by atoms with Crippen molar-refractivity contribution in [1.29, 1.82) is 0 Å². The predicted molar refractivity (Wildman–Crippen MR) is 146 cm³/mol. The van der Waals surface area contributed by atoms with Crippen LogP contribution in [0.15, 0.2) is 71.8 Å². The number of likely N-dealkylation sites (tertiary alicyclic amines) is 1. The van der Waals surface area contributed by atoms with E-state index in [0.717, 1.165) is 46.0 Å². The van der Waals surface area contributed by atoms with Crippen molar-refractivity contribution in [3.8, 4) is 16.9 Å². The number of pyridine rings is 2. The van der Waals surface area contributed by atoms with Crippen molar-refractivity contribution in [2.75, 3.05) is 27.2 Å². The lowest BCUT2D eigenvalue weighted by atomic mass is 9.93. The number of methoxy groups -OCH3 is 1. The van der Waals surface area contributed by atoms with Gasteiger partial charge in [-0.3, -0.25) is 14.6 Å². The third kappa shape index (κ3) is 5.27. The van der Waals surface area contributed by atoms with Gasteiger partial charge in [0.05, 0.1) is 18.2 Å². The maximum absolute atomic E-state index is 13.3. The van der Waals surface area contributed by atoms with Gasteiger partial charge >= 0.3 is 0 Å². The van der Waals surface area contributed by atoms with Crippen LogP contribution in [0.3, 0.4) is 0 Å². The second kappa shape index (κ2) is 10.2. The average Bonchev–Trinajstić information content (AvgIpc) is 3.68. The number of nitrogens with zero attached hydrogens (tertiary/aromatic N) is 2. The second-order valence-electron chi connectivity index (χ2n) is 9.91. The molecule has 2 aromatic carbocycles. The summed E-state index contributed by atoms with van der Waals surface area (Å²) in [6.45, 7) is 4.56. The zero-order valence-corrected chi connectivity index (χ0v) is 21.5. The molecule has 3 heterocycles. The summed E-state index contributed by atoms with van der Waals surface area (Å²) in [7, 11) is 3.74. The summed E-state index contributed by atoms with van der Waals surface area (Å²) in [6, 6.07) is 16.9. The number of hydrogen-bond acceptors (Lipinski definition) is 5. The van der Waals surface area contributed by atoms with Crippen LogP contribution in [0, 0.1) is 6.92 Å². The number of aromatic nitrogens is 2. The molecule has 7 heteroatoms. The molecular weight excluding hydrogens is 464 g/mol. The lowest BCUT2D eigenvalue weighted by molar-refractivity contribution is 0.0930. The number of nitrogens with one attached hydrogen (secondary N) is 2. The van der Waals surface area contributed by atoms with Gasteiger partial charge in [0.15, 0.2) is 0 Å². The van der Waals surface area contributed by atoms with Gasteiger partial charge in [0, 0.05) is 29.4 Å². The van der Waals surface area contributed by atoms with Crippen molar-refractivity contribution < 1.29 is 9.53 Å². The van der Waals surface area contributed by atoms with E-state index in [2.05, 4.69) is 33.3 Å². The molecule has 1 amide bonds. The number of rotatable bonds is 5. The molecule has 0 atom stereocenters. The summed E-state index contributed by atoms with van der Waals surface area (Å²) < 4.78 is 5.31. The number of H-pyrrole nitrogens is 1. The molecule has 6 rings (SSSR count). The first-order valence-corrected chi connectivity index (χ1v) is 12.6. The Morgan fingerprint density at radius 3 is 2.49 bits per heavy atom. The van der Waals surface area contributed by atoms with Crippen molar-refractivity contribution in [3.63, 3.8) is 0 Å². The molecule has 0 radical (unpaired) electrons. The predicted octanol–water partition coefficient (Wildman–Crippen LogP) is 4.65. The van der Waals surface area contributed by atoms with Gasteiger partial charge < -0.3 is 19.9 Å². The van der Waals surface area contributed by atoms with Crippen molar-refractivity contribution in [1.82, 2.24) is 20.2 Å². The molecule has 4 aromatic rings. The highest BCUT2D eigenvalue weighted by Gasteiger charge is 2.47. The zero-order valence-electron chi connectivity index (χ0n) is 21.5. The number of ether oxygens (including phenoxy) is 1. The first kappa shape index (κ1) is 24.7. The fourth-order valence-corrected chi connectivity index (χ4v) is 4.65. The van der Waals surface area contributed by atoms with Crippen LogP contribution in [-0.2, 0) is 5.54 Å². The van der Waals surface area contributed by atoms with Crippen molar-refractivity contribution >= 4 is 16.8 Å². The normalized spacial score (nSPS) is 15.8. The summed E-state index contributed by atoms with van der Waals surface area (Å²) in [5.41, 5.74) is 4.63. The van der Waals surface area contributed by atoms with Crippen LogP contribution in [0.2, 0.25) is 0 Å². The van der Waals surface area contributed by atoms with E-state index >= 15 is 0 Å². The number of aromatic amines is 1. The van der Waals surface area contributed by atoms with E-state index in [-0.39, 0.29) is 11.5 Å². The molecule has 1 aliphatic carbocycles. The SMILES string of the molecule is CN1CCC1.COc1ccc(C)c(C(=O)NC2(c3cc(-c4ccc(=O)[nH]c4)cc4ncccc34)CC2)c1. The Hall–Kier alpha value is -3.97. The van der Waals surface area contributed by atoms with Gasteiger partial charge in [0.2, 0.25) is 5.56 Å². The average molecular weight is 497 g/mol. The molecular formula is C30H32N4O3. The lowest BCUT2D eigenvalue weighted by Crippen LogP contribution is -2.35. The molecule has 2 fully saturated rings. The van der Waals surface area contributed by atoms with Crippen LogP contribution >= 0.6 is 0 Å². The van der Waals surface area contributed by atoms with E-state index in [0.29, 0.717) is 11.3 Å². The Morgan fingerprint density at radius 2 is 1.86 bits per heavy atom. The van der Waals surface area contributed by atoms with Crippen LogP contribution in [0.1, 0.15) is 40.7 Å². The minimum absolute atomic E-state index is 0.120. The number of carbonyl (C=O) groups is 1. The zero-order chi connectivity index (χ0) is 26.0. The molecule has 0 unspecified atom stereocenters. The standard InChI is InChI=1S/C26H23N3O3.C4H9N/c1-16-5-7-19(32-2)14-21(16)25(31)29-26(9-10-26)22-12-18(17-6-8-24(30)28-15-17)13-23-20(22)4-3-11-27-23;1-5-3-2-4-5/h3-8,11-15H,9-10H2,1-2H3,(H,28,30)(H,29,31);2-4H2,1H3. The molecule has 0 spiro atoms. The van der Waals surface area contributed by atoms with Gasteiger partial charge in [0.25, 0.3) is 5.91 Å². The maximum Gasteiger partial charge on any atom is 0.252 e. The quantitative estimate of drug-likeness (QED) is 0.420. The van der Waals surface area contributed by atoms with Gasteiger partial charge in [-0.05, 0) is 105 Å². The van der Waals surface area contributed by atoms with Crippen LogP contribution in [-0.4, -0.2) is 48.0 Å². The molecule has 190 valence electrons. The number of amides is 1. The smallest absolute Gasteiger partial charge is 0.252 e. The number of benzene rings is 2. The minimum atomic E-state index is -0.452. The van der Waals surface area contributed by atoms with Gasteiger partial charge in [-0.2, -0.15) is 0 Å². The fraction of sp³-hybridized carbons (Fsp3) is 0.300. The van der Waals surface area contributed by atoms with Crippen LogP contribution < -0.4 is 15.6 Å². The fourth-order valence-electron chi connectivity index (χ4n) is 4.65. The summed E-state index contributed by atoms with van der Waals surface area (Å²) >= 11 is 0. The second-order valence-corrected chi connectivity index (χ2v) is 9.91. The van der Waals surface area contributed by atoms with Crippen LogP contribution in [0.25, 0.3) is 22.0 Å². The largest absolute Gasteiger partial charge is 0.497 e. The Kier molecular flexibility index (Phi) is 6.80. The van der Waals surface area contributed by atoms with Crippen molar-refractivity contribution in [2.45, 2.75) is 31.7 Å². The summed E-state index contributed by atoms with van der Waals surface area (Å²) in [6.07, 6.45) is 6.58. The Bertz CT molecular complexity index is 1480. The molecule has 1 saturated carbocycles. The van der Waals surface area contributed by atoms with E-state index in [1.54, 1.807) is 31.6 Å². The Labute approximate surface area is 216 Å². The van der Waals surface area contributed by atoms with E-state index in [1.807, 2.05) is 37.3 Å². The molecule has 2 aliphatic rings. The van der Waals surface area contributed by atoms with Crippen LogP contribution in [0.4, 0.5) is 0 Å². The van der Waals surface area contributed by atoms with E-state index < -0.39 is 5.54 Å².